The van der Waals surface area contributed by atoms with Gasteiger partial charge in [-0.2, -0.15) is 0 Å². The van der Waals surface area contributed by atoms with E-state index in [1.54, 1.807) is 0 Å². The number of nitrogens with two attached hydrogens (primary N) is 1. The molecule has 150 valence electrons. The van der Waals surface area contributed by atoms with Gasteiger partial charge in [-0.05, 0) is 57.9 Å². The Morgan fingerprint density at radius 3 is 2.50 bits per heavy atom. The molecule has 1 unspecified atom stereocenters. The zero-order valence-corrected chi connectivity index (χ0v) is 16.2. The summed E-state index contributed by atoms with van der Waals surface area (Å²) in [4.78, 5) is 28.6. The molecule has 0 aromatic heterocycles. The van der Waals surface area contributed by atoms with E-state index in [1.807, 2.05) is 19.1 Å². The molecule has 1 aliphatic heterocycles. The van der Waals surface area contributed by atoms with Crippen LogP contribution >= 0.6 is 0 Å². The Morgan fingerprint density at radius 2 is 1.93 bits per heavy atom. The van der Waals surface area contributed by atoms with Crippen molar-refractivity contribution < 1.29 is 9.59 Å². The molecule has 6 N–H and O–H groups in total. The molecular formula is C20H28N6O2. The lowest BCUT2D eigenvalue weighted by Crippen LogP contribution is -2.47. The Balaban J connectivity index is 1.39. The van der Waals surface area contributed by atoms with E-state index < -0.39 is 5.91 Å². The van der Waals surface area contributed by atoms with Crippen LogP contribution in [0.25, 0.3) is 0 Å². The number of nitrogens with one attached hydrogen (secondary N) is 4. The second-order valence-electron chi connectivity index (χ2n) is 7.96. The number of hydrogen-bond donors (Lipinski definition) is 5. The molecule has 8 nitrogen and oxygen atoms in total. The lowest BCUT2D eigenvalue weighted by Gasteiger charge is -2.28. The maximum Gasteiger partial charge on any atom is 0.250 e. The molecule has 8 heteroatoms. The van der Waals surface area contributed by atoms with Gasteiger partial charge in [-0.1, -0.05) is 6.08 Å². The summed E-state index contributed by atoms with van der Waals surface area (Å²) in [5.41, 5.74) is 7.81. The van der Waals surface area contributed by atoms with E-state index in [0.29, 0.717) is 35.9 Å². The molecule has 3 aliphatic carbocycles. The van der Waals surface area contributed by atoms with Crippen LogP contribution in [0, 0.1) is 0 Å². The Hall–Kier alpha value is -2.77. The second-order valence-corrected chi connectivity index (χ2v) is 7.96. The molecule has 2 fully saturated rings. The first-order valence-electron chi connectivity index (χ1n) is 10.1. The largest absolute Gasteiger partial charge is 0.368 e. The highest BCUT2D eigenvalue weighted by Gasteiger charge is 2.30. The highest BCUT2D eigenvalue weighted by molar-refractivity contribution is 5.97. The molecule has 0 radical (unpaired) electrons. The van der Waals surface area contributed by atoms with Gasteiger partial charge in [0.15, 0.2) is 0 Å². The predicted octanol–water partition coefficient (Wildman–Crippen LogP) is 0.645. The van der Waals surface area contributed by atoms with Gasteiger partial charge in [0.25, 0.3) is 0 Å². The third-order valence-electron chi connectivity index (χ3n) is 5.60. The van der Waals surface area contributed by atoms with Gasteiger partial charge in [0.2, 0.25) is 17.8 Å². The number of aliphatic imine (C=N–C) groups is 1. The summed E-state index contributed by atoms with van der Waals surface area (Å²) in [7, 11) is 0. The number of carbonyl (C=O) groups excluding carboxylic acids is 2. The van der Waals surface area contributed by atoms with Crippen LogP contribution in [0.3, 0.4) is 0 Å². The first-order chi connectivity index (χ1) is 13.5. The maximum atomic E-state index is 12.3. The van der Waals surface area contributed by atoms with Crippen LogP contribution < -0.4 is 27.0 Å². The van der Waals surface area contributed by atoms with Crippen LogP contribution in [0.15, 0.2) is 39.8 Å². The van der Waals surface area contributed by atoms with Crippen LogP contribution in [0.4, 0.5) is 0 Å². The van der Waals surface area contributed by atoms with E-state index in [9.17, 15) is 9.59 Å². The van der Waals surface area contributed by atoms with Crippen LogP contribution in [-0.4, -0.2) is 35.9 Å². The van der Waals surface area contributed by atoms with E-state index in [1.165, 1.54) is 6.42 Å². The Kier molecular flexibility index (Phi) is 5.11. The molecule has 2 saturated carbocycles. The third kappa shape index (κ3) is 4.21. The van der Waals surface area contributed by atoms with Gasteiger partial charge < -0.3 is 27.0 Å². The van der Waals surface area contributed by atoms with Crippen LogP contribution in [0.1, 0.15) is 51.9 Å². The summed E-state index contributed by atoms with van der Waals surface area (Å²) < 4.78 is 0. The average molecular weight is 384 g/mol. The van der Waals surface area contributed by atoms with E-state index in [0.717, 1.165) is 43.4 Å². The van der Waals surface area contributed by atoms with Crippen molar-refractivity contribution in [1.29, 1.82) is 0 Å². The van der Waals surface area contributed by atoms with Crippen molar-refractivity contribution in [1.82, 2.24) is 21.3 Å². The molecule has 0 aromatic rings. The molecule has 2 amide bonds. The fraction of sp³-hybridized carbons (Fsp3) is 0.550. The normalized spacial score (nSPS) is 24.9. The number of rotatable bonds is 6. The van der Waals surface area contributed by atoms with Gasteiger partial charge in [0, 0.05) is 23.4 Å². The van der Waals surface area contributed by atoms with Crippen molar-refractivity contribution in [3.63, 3.8) is 0 Å². The summed E-state index contributed by atoms with van der Waals surface area (Å²) in [6, 6.07) is 0.408. The summed E-state index contributed by atoms with van der Waals surface area (Å²) in [5.74, 6) is 0.815. The lowest BCUT2D eigenvalue weighted by molar-refractivity contribution is -0.119. The fourth-order valence-electron chi connectivity index (χ4n) is 3.54. The van der Waals surface area contributed by atoms with E-state index in [-0.39, 0.29) is 11.9 Å². The molecule has 4 rings (SSSR count). The molecule has 0 bridgehead atoms. The Bertz CT molecular complexity index is 802. The number of amides is 2. The minimum absolute atomic E-state index is 0.0479. The highest BCUT2D eigenvalue weighted by atomic mass is 16.2. The number of nitrogens with zero attached hydrogens (tertiary/aromatic N) is 1. The predicted molar refractivity (Wildman–Crippen MR) is 107 cm³/mol. The zero-order valence-electron chi connectivity index (χ0n) is 16.2. The number of allylic oxidation sites excluding steroid dienone is 3. The number of hydrogen-bond acceptors (Lipinski definition) is 6. The van der Waals surface area contributed by atoms with Gasteiger partial charge in [-0.3, -0.25) is 9.59 Å². The lowest BCUT2D eigenvalue weighted by atomic mass is 9.92. The molecule has 1 atom stereocenters. The maximum absolute atomic E-state index is 12.3. The topological polar surface area (TPSA) is 121 Å². The van der Waals surface area contributed by atoms with E-state index >= 15 is 0 Å². The van der Waals surface area contributed by atoms with E-state index in [4.69, 9.17) is 5.73 Å². The summed E-state index contributed by atoms with van der Waals surface area (Å²) in [6.07, 6.45) is 10.8. The quantitative estimate of drug-likeness (QED) is 0.460. The number of carbonyl (C=O) groups is 2. The van der Waals surface area contributed by atoms with Crippen LogP contribution in [0.5, 0.6) is 0 Å². The Morgan fingerprint density at radius 1 is 1.14 bits per heavy atom. The van der Waals surface area contributed by atoms with Gasteiger partial charge in [-0.15, -0.1) is 0 Å². The van der Waals surface area contributed by atoms with Crippen molar-refractivity contribution in [3.05, 3.63) is 34.8 Å². The van der Waals surface area contributed by atoms with Gasteiger partial charge >= 0.3 is 0 Å². The fourth-order valence-corrected chi connectivity index (χ4v) is 3.54. The highest BCUT2D eigenvalue weighted by Crippen LogP contribution is 2.24. The minimum Gasteiger partial charge on any atom is -0.368 e. The summed E-state index contributed by atoms with van der Waals surface area (Å²) in [5, 5.41) is 12.9. The van der Waals surface area contributed by atoms with Crippen molar-refractivity contribution >= 4 is 17.8 Å². The first kappa shape index (κ1) is 18.6. The molecular weight excluding hydrogens is 356 g/mol. The van der Waals surface area contributed by atoms with Crippen molar-refractivity contribution in [3.8, 4) is 0 Å². The molecule has 0 spiro atoms. The number of guanidine groups is 1. The molecule has 4 aliphatic rings. The zero-order chi connectivity index (χ0) is 19.7. The van der Waals surface area contributed by atoms with Crippen LogP contribution in [-0.2, 0) is 9.59 Å². The smallest absolute Gasteiger partial charge is 0.250 e. The molecule has 0 aromatic carbocycles. The second kappa shape index (κ2) is 7.69. The molecule has 28 heavy (non-hydrogen) atoms. The van der Waals surface area contributed by atoms with Gasteiger partial charge in [0.1, 0.15) is 5.82 Å². The average Bonchev–Trinajstić information content (AvgIpc) is 3.42. The van der Waals surface area contributed by atoms with Crippen LogP contribution in [0.2, 0.25) is 0 Å². The monoisotopic (exact) mass is 384 g/mol. The molecule has 1 heterocycles. The third-order valence-corrected chi connectivity index (χ3v) is 5.60. The van der Waals surface area contributed by atoms with Crippen molar-refractivity contribution in [2.75, 3.05) is 0 Å². The minimum atomic E-state index is -0.465. The number of primary amides is 1. The van der Waals surface area contributed by atoms with Gasteiger partial charge in [-0.25, -0.2) is 4.99 Å². The first-order valence-corrected chi connectivity index (χ1v) is 10.1. The summed E-state index contributed by atoms with van der Waals surface area (Å²) in [6.45, 7) is 1.86. The van der Waals surface area contributed by atoms with E-state index in [2.05, 4.69) is 26.3 Å². The standard InChI is InChI=1S/C20H28N6O2/c1-11-16(17(21)27)18(23-14-9-10-14)26-20(22-11)25-15-7-5-12(6-8-15)19(28)24-13-3-2-4-13/h5,7,11,13-14,23H,2-4,6,8-10H2,1H3,(H2,21,27)(H,24,28)(H2,22,25,26). The summed E-state index contributed by atoms with van der Waals surface area (Å²) >= 11 is 0. The van der Waals surface area contributed by atoms with Crippen molar-refractivity contribution in [2.24, 2.45) is 10.7 Å². The van der Waals surface area contributed by atoms with Crippen molar-refractivity contribution in [2.45, 2.75) is 70.0 Å². The molecule has 0 saturated heterocycles. The SMILES string of the molecule is CC1N=C(NC2=CC=C(C(=O)NC3CCC3)CC2)NC(NC2CC2)=C1C(N)=O. The van der Waals surface area contributed by atoms with Gasteiger partial charge in [0.05, 0.1) is 11.6 Å². The Labute approximate surface area is 164 Å².